The lowest BCUT2D eigenvalue weighted by atomic mass is 9.73. The Balaban J connectivity index is 1.94. The number of carbonyl (C=O) groups excluding carboxylic acids is 3. The number of esters is 1. The Hall–Kier alpha value is -1.89. The van der Waals surface area contributed by atoms with Crippen LogP contribution in [0, 0.1) is 17.8 Å². The summed E-state index contributed by atoms with van der Waals surface area (Å²) in [5.74, 6) is 0.837. The molecule has 2 aliphatic rings. The standard InChI is InChI=1S/C24H41N3O4/c1-7-31-24(30)17(4)12-20(16(2)3)27(6)22(28)14-25-23(29)21-13-18-10-8-9-11-19(18)15-26(21)5/h12,16,18-21H,7-11,13-15H2,1-6H3,(H,25,29)/b17-12+/t18?,19?,20-,21?/m1/s1. The van der Waals surface area contributed by atoms with E-state index in [9.17, 15) is 14.4 Å². The van der Waals surface area contributed by atoms with Crippen LogP contribution in [0.3, 0.4) is 0 Å². The Kier molecular flexibility index (Phi) is 9.54. The number of ether oxygens (including phenoxy) is 1. The molecule has 0 bridgehead atoms. The summed E-state index contributed by atoms with van der Waals surface area (Å²) in [6.07, 6.45) is 7.70. The van der Waals surface area contributed by atoms with Crippen LogP contribution in [0.5, 0.6) is 0 Å². The van der Waals surface area contributed by atoms with Crippen LogP contribution < -0.4 is 5.32 Å². The number of hydrogen-bond donors (Lipinski definition) is 1. The second-order valence-electron chi connectivity index (χ2n) is 9.52. The third-order valence-electron chi connectivity index (χ3n) is 6.91. The van der Waals surface area contributed by atoms with Crippen molar-refractivity contribution in [1.82, 2.24) is 15.1 Å². The Labute approximate surface area is 187 Å². The molecule has 1 N–H and O–H groups in total. The van der Waals surface area contributed by atoms with Gasteiger partial charge in [0.25, 0.3) is 0 Å². The Bertz CT molecular complexity index is 676. The summed E-state index contributed by atoms with van der Waals surface area (Å²) in [5.41, 5.74) is 0.482. The van der Waals surface area contributed by atoms with Gasteiger partial charge in [-0.25, -0.2) is 4.79 Å². The summed E-state index contributed by atoms with van der Waals surface area (Å²) in [4.78, 5) is 41.4. The number of likely N-dealkylation sites (N-methyl/N-ethyl adjacent to an activating group) is 2. The van der Waals surface area contributed by atoms with E-state index in [1.807, 2.05) is 20.9 Å². The number of piperidine rings is 1. The summed E-state index contributed by atoms with van der Waals surface area (Å²) < 4.78 is 5.05. The molecule has 0 aromatic heterocycles. The van der Waals surface area contributed by atoms with Crippen LogP contribution in [0.1, 0.15) is 59.8 Å². The predicted octanol–water partition coefficient (Wildman–Crippen LogP) is 2.61. The molecular formula is C24H41N3O4. The third kappa shape index (κ3) is 6.79. The average molecular weight is 436 g/mol. The van der Waals surface area contributed by atoms with Crippen LogP contribution in [0.4, 0.5) is 0 Å². The van der Waals surface area contributed by atoms with Crippen LogP contribution in [0.25, 0.3) is 0 Å². The number of fused-ring (bicyclic) bond motifs is 1. The number of rotatable bonds is 8. The van der Waals surface area contributed by atoms with Crippen molar-refractivity contribution in [3.63, 3.8) is 0 Å². The lowest BCUT2D eigenvalue weighted by Gasteiger charge is -2.44. The molecule has 0 radical (unpaired) electrons. The number of hydrogen-bond acceptors (Lipinski definition) is 5. The molecule has 4 atom stereocenters. The first-order valence-electron chi connectivity index (χ1n) is 11.7. The fraction of sp³-hybridized carbons (Fsp3) is 0.792. The van der Waals surface area contributed by atoms with Crippen molar-refractivity contribution in [3.05, 3.63) is 11.6 Å². The summed E-state index contributed by atoms with van der Waals surface area (Å²) in [6, 6.07) is -0.418. The molecule has 2 amide bonds. The topological polar surface area (TPSA) is 79.0 Å². The summed E-state index contributed by atoms with van der Waals surface area (Å²) >= 11 is 0. The lowest BCUT2D eigenvalue weighted by Crippen LogP contribution is -2.54. The van der Waals surface area contributed by atoms with E-state index in [1.54, 1.807) is 31.9 Å². The fourth-order valence-corrected chi connectivity index (χ4v) is 5.00. The molecule has 1 saturated carbocycles. The van der Waals surface area contributed by atoms with Crippen LogP contribution in [0.2, 0.25) is 0 Å². The molecule has 0 aromatic carbocycles. The van der Waals surface area contributed by atoms with Crippen molar-refractivity contribution in [2.24, 2.45) is 17.8 Å². The second-order valence-corrected chi connectivity index (χ2v) is 9.52. The maximum absolute atomic E-state index is 12.9. The van der Waals surface area contributed by atoms with E-state index in [4.69, 9.17) is 4.74 Å². The number of nitrogens with zero attached hydrogens (tertiary/aromatic N) is 2. The normalized spacial score (nSPS) is 25.5. The summed E-state index contributed by atoms with van der Waals surface area (Å²) in [5, 5.41) is 2.87. The highest BCUT2D eigenvalue weighted by molar-refractivity contribution is 5.89. The zero-order valence-corrected chi connectivity index (χ0v) is 20.1. The van der Waals surface area contributed by atoms with E-state index < -0.39 is 0 Å². The second kappa shape index (κ2) is 11.7. The van der Waals surface area contributed by atoms with Gasteiger partial charge in [0.2, 0.25) is 11.8 Å². The van der Waals surface area contributed by atoms with Crippen LogP contribution >= 0.6 is 0 Å². The SMILES string of the molecule is CCOC(=O)/C(C)=C/[C@H](C(C)C)N(C)C(=O)CNC(=O)C1CC2CCCCC2CN1C. The first-order valence-corrected chi connectivity index (χ1v) is 11.7. The van der Waals surface area contributed by atoms with Gasteiger partial charge in [0.15, 0.2) is 0 Å². The summed E-state index contributed by atoms with van der Waals surface area (Å²) in [7, 11) is 3.73. The number of amides is 2. The number of carbonyl (C=O) groups is 3. The molecule has 0 aromatic rings. The Morgan fingerprint density at radius 1 is 1.19 bits per heavy atom. The number of likely N-dealkylation sites (tertiary alicyclic amines) is 1. The molecule has 1 aliphatic carbocycles. The quantitative estimate of drug-likeness (QED) is 0.468. The third-order valence-corrected chi connectivity index (χ3v) is 6.91. The van der Waals surface area contributed by atoms with Crippen molar-refractivity contribution >= 4 is 17.8 Å². The van der Waals surface area contributed by atoms with Gasteiger partial charge in [-0.15, -0.1) is 0 Å². The van der Waals surface area contributed by atoms with Crippen molar-refractivity contribution in [2.45, 2.75) is 71.9 Å². The minimum absolute atomic E-state index is 0.0384. The maximum atomic E-state index is 12.9. The van der Waals surface area contributed by atoms with E-state index in [0.29, 0.717) is 24.0 Å². The van der Waals surface area contributed by atoms with Crippen LogP contribution in [-0.4, -0.2) is 73.5 Å². The first kappa shape index (κ1) is 25.4. The minimum Gasteiger partial charge on any atom is -0.463 e. The fourth-order valence-electron chi connectivity index (χ4n) is 5.00. The van der Waals surface area contributed by atoms with Gasteiger partial charge >= 0.3 is 5.97 Å². The minimum atomic E-state index is -0.372. The van der Waals surface area contributed by atoms with Gasteiger partial charge in [-0.3, -0.25) is 14.5 Å². The molecular weight excluding hydrogens is 394 g/mol. The molecule has 31 heavy (non-hydrogen) atoms. The van der Waals surface area contributed by atoms with E-state index >= 15 is 0 Å². The van der Waals surface area contributed by atoms with Gasteiger partial charge in [-0.1, -0.05) is 39.2 Å². The lowest BCUT2D eigenvalue weighted by molar-refractivity contribution is -0.138. The zero-order chi connectivity index (χ0) is 23.1. The average Bonchev–Trinajstić information content (AvgIpc) is 2.74. The van der Waals surface area contributed by atoms with Crippen molar-refractivity contribution in [1.29, 1.82) is 0 Å². The van der Waals surface area contributed by atoms with E-state index in [1.165, 1.54) is 25.7 Å². The molecule has 176 valence electrons. The highest BCUT2D eigenvalue weighted by Crippen LogP contribution is 2.38. The van der Waals surface area contributed by atoms with Crippen LogP contribution in [0.15, 0.2) is 11.6 Å². The molecule has 1 saturated heterocycles. The molecule has 7 heteroatoms. The molecule has 0 spiro atoms. The van der Waals surface area contributed by atoms with Gasteiger partial charge in [0.05, 0.1) is 25.2 Å². The highest BCUT2D eigenvalue weighted by Gasteiger charge is 2.38. The highest BCUT2D eigenvalue weighted by atomic mass is 16.5. The zero-order valence-electron chi connectivity index (χ0n) is 20.1. The molecule has 2 rings (SSSR count). The van der Waals surface area contributed by atoms with Gasteiger partial charge in [0, 0.05) is 19.2 Å². The van der Waals surface area contributed by atoms with Crippen molar-refractivity contribution in [3.8, 4) is 0 Å². The van der Waals surface area contributed by atoms with E-state index in [0.717, 1.165) is 13.0 Å². The number of nitrogens with one attached hydrogen (secondary N) is 1. The molecule has 7 nitrogen and oxygen atoms in total. The van der Waals surface area contributed by atoms with Gasteiger partial charge in [0.1, 0.15) is 0 Å². The summed E-state index contributed by atoms with van der Waals surface area (Å²) in [6.45, 7) is 8.70. The van der Waals surface area contributed by atoms with E-state index in [2.05, 4.69) is 10.2 Å². The van der Waals surface area contributed by atoms with Gasteiger partial charge in [-0.05, 0) is 51.5 Å². The predicted molar refractivity (Wildman–Crippen MR) is 121 cm³/mol. The van der Waals surface area contributed by atoms with Gasteiger partial charge in [-0.2, -0.15) is 0 Å². The van der Waals surface area contributed by atoms with Crippen LogP contribution in [-0.2, 0) is 19.1 Å². The largest absolute Gasteiger partial charge is 0.463 e. The molecule has 2 fully saturated rings. The molecule has 1 heterocycles. The smallest absolute Gasteiger partial charge is 0.333 e. The Morgan fingerprint density at radius 3 is 2.45 bits per heavy atom. The maximum Gasteiger partial charge on any atom is 0.333 e. The van der Waals surface area contributed by atoms with E-state index in [-0.39, 0.29) is 42.3 Å². The van der Waals surface area contributed by atoms with Crippen molar-refractivity contribution < 1.29 is 19.1 Å². The monoisotopic (exact) mass is 435 g/mol. The van der Waals surface area contributed by atoms with Crippen molar-refractivity contribution in [2.75, 3.05) is 33.8 Å². The molecule has 3 unspecified atom stereocenters. The molecule has 1 aliphatic heterocycles. The first-order chi connectivity index (χ1) is 14.6. The Morgan fingerprint density at radius 2 is 1.84 bits per heavy atom. The van der Waals surface area contributed by atoms with Gasteiger partial charge < -0.3 is 15.0 Å².